The number of allylic oxidation sites excluding steroid dienone is 11. The Morgan fingerprint density at radius 3 is 1.64 bits per heavy atom. The number of nitrogens with zero attached hydrogens (tertiary/aromatic N) is 1. The van der Waals surface area contributed by atoms with E-state index < -0.39 is 19.9 Å². The minimum atomic E-state index is -4.56. The molecule has 0 aliphatic carbocycles. The SMILES string of the molecule is CC/C=C/C/C=C/C/C=C/C/C=C/C/C=C/CCCC(=O)O[C@H](CO/C=C/CCCCCCCCCCCCCC)COP(=O)([O-])OCC[N+](C)(C)C. The lowest BCUT2D eigenvalue weighted by molar-refractivity contribution is -0.870. The Hall–Kier alpha value is -2.22. The molecule has 0 aromatic carbocycles. The number of hydrogen-bond donors (Lipinski definition) is 0. The van der Waals surface area contributed by atoms with E-state index in [0.29, 0.717) is 17.4 Å². The van der Waals surface area contributed by atoms with Gasteiger partial charge in [-0.3, -0.25) is 9.36 Å². The van der Waals surface area contributed by atoms with Gasteiger partial charge < -0.3 is 27.9 Å². The van der Waals surface area contributed by atoms with Crippen molar-refractivity contribution in [2.75, 3.05) is 47.5 Å². The molecule has 2 atom stereocenters. The van der Waals surface area contributed by atoms with Crippen LogP contribution in [0.2, 0.25) is 0 Å². The van der Waals surface area contributed by atoms with Gasteiger partial charge >= 0.3 is 5.97 Å². The van der Waals surface area contributed by atoms with E-state index in [4.69, 9.17) is 18.5 Å². The van der Waals surface area contributed by atoms with Gasteiger partial charge in [0.2, 0.25) is 0 Å². The molecule has 0 aromatic rings. The average molecular weight is 764 g/mol. The number of unbranched alkanes of at least 4 members (excludes halogenated alkanes) is 13. The smallest absolute Gasteiger partial charge is 0.306 e. The van der Waals surface area contributed by atoms with Gasteiger partial charge in [-0.05, 0) is 63.9 Å². The van der Waals surface area contributed by atoms with Crippen molar-refractivity contribution in [1.82, 2.24) is 0 Å². The van der Waals surface area contributed by atoms with E-state index in [1.807, 2.05) is 27.2 Å². The number of quaternary nitrogens is 1. The molecular formula is C44H78NO7P. The Morgan fingerprint density at radius 1 is 0.623 bits per heavy atom. The molecular weight excluding hydrogens is 685 g/mol. The number of esters is 1. The van der Waals surface area contributed by atoms with E-state index in [-0.39, 0.29) is 26.2 Å². The Labute approximate surface area is 325 Å². The summed E-state index contributed by atoms with van der Waals surface area (Å²) in [6, 6.07) is 0. The van der Waals surface area contributed by atoms with Crippen LogP contribution in [0.25, 0.3) is 0 Å². The molecule has 0 saturated carbocycles. The summed E-state index contributed by atoms with van der Waals surface area (Å²) in [6.07, 6.45) is 47.3. The van der Waals surface area contributed by atoms with E-state index in [9.17, 15) is 14.3 Å². The van der Waals surface area contributed by atoms with Crippen LogP contribution in [0.4, 0.5) is 0 Å². The van der Waals surface area contributed by atoms with E-state index in [2.05, 4.69) is 74.6 Å². The van der Waals surface area contributed by atoms with Crippen LogP contribution in [0.1, 0.15) is 149 Å². The highest BCUT2D eigenvalue weighted by Gasteiger charge is 2.20. The van der Waals surface area contributed by atoms with Crippen LogP contribution in [-0.4, -0.2) is 64.1 Å². The van der Waals surface area contributed by atoms with Gasteiger partial charge in [-0.25, -0.2) is 0 Å². The second kappa shape index (κ2) is 36.7. The van der Waals surface area contributed by atoms with Gasteiger partial charge in [0.25, 0.3) is 7.82 Å². The van der Waals surface area contributed by atoms with Gasteiger partial charge in [0, 0.05) is 6.42 Å². The quantitative estimate of drug-likeness (QED) is 0.0155. The standard InChI is InChI=1S/C44H78NO7P/c1-6-8-10-12-14-16-18-20-22-23-24-25-27-29-31-33-35-37-44(46)52-43(42-51-53(47,48)50-40-38-45(3,4)5)41-49-39-36-34-32-30-28-26-21-19-17-15-13-11-9-7-2/h8,10,14,16,20,22,24-25,29,31,36,39,43H,6-7,9,11-13,15,17-19,21,23,26-28,30,32-35,37-38,40-42H2,1-5H3/b10-8+,16-14+,22-20+,25-24+,31-29+,39-36+/t43-/m1/s1. The van der Waals surface area contributed by atoms with Crippen molar-refractivity contribution >= 4 is 13.8 Å². The Morgan fingerprint density at radius 2 is 1.11 bits per heavy atom. The third-order valence-electron chi connectivity index (χ3n) is 8.34. The van der Waals surface area contributed by atoms with Gasteiger partial charge in [-0.2, -0.15) is 0 Å². The van der Waals surface area contributed by atoms with Crippen molar-refractivity contribution < 1.29 is 37.3 Å². The number of ether oxygens (including phenoxy) is 2. The molecule has 306 valence electrons. The van der Waals surface area contributed by atoms with Crippen LogP contribution in [-0.2, 0) is 27.9 Å². The highest BCUT2D eigenvalue weighted by atomic mass is 31.2. The summed E-state index contributed by atoms with van der Waals surface area (Å²) in [5.41, 5.74) is 0. The van der Waals surface area contributed by atoms with Crippen LogP contribution in [0.15, 0.2) is 73.1 Å². The molecule has 0 fully saturated rings. The maximum Gasteiger partial charge on any atom is 0.306 e. The molecule has 0 rings (SSSR count). The lowest BCUT2D eigenvalue weighted by Gasteiger charge is -2.28. The first-order valence-electron chi connectivity index (χ1n) is 20.7. The minimum absolute atomic E-state index is 0.00287. The minimum Gasteiger partial charge on any atom is -0.756 e. The first-order chi connectivity index (χ1) is 25.6. The van der Waals surface area contributed by atoms with Crippen LogP contribution in [0.3, 0.4) is 0 Å². The number of likely N-dealkylation sites (N-methyl/N-ethyl adjacent to an activating group) is 1. The van der Waals surface area contributed by atoms with Gasteiger partial charge in [-0.15, -0.1) is 0 Å². The molecule has 0 bridgehead atoms. The fourth-order valence-corrected chi connectivity index (χ4v) is 5.86. The molecule has 1 unspecified atom stereocenters. The van der Waals surface area contributed by atoms with Gasteiger partial charge in [0.1, 0.15) is 19.8 Å². The van der Waals surface area contributed by atoms with E-state index in [1.165, 1.54) is 70.6 Å². The summed E-state index contributed by atoms with van der Waals surface area (Å²) >= 11 is 0. The van der Waals surface area contributed by atoms with Gasteiger partial charge in [0.15, 0.2) is 6.10 Å². The zero-order chi connectivity index (χ0) is 39.1. The lowest BCUT2D eigenvalue weighted by atomic mass is 10.0. The first kappa shape index (κ1) is 50.8. The lowest BCUT2D eigenvalue weighted by Crippen LogP contribution is -2.37. The van der Waals surface area contributed by atoms with Crippen LogP contribution in [0.5, 0.6) is 0 Å². The van der Waals surface area contributed by atoms with E-state index >= 15 is 0 Å². The van der Waals surface area contributed by atoms with Gasteiger partial charge in [0.05, 0.1) is 34.0 Å². The molecule has 0 spiro atoms. The number of rotatable bonds is 37. The number of phosphoric acid groups is 1. The molecule has 0 heterocycles. The first-order valence-corrected chi connectivity index (χ1v) is 22.2. The van der Waals surface area contributed by atoms with Gasteiger partial charge in [-0.1, -0.05) is 145 Å². The maximum atomic E-state index is 12.6. The predicted octanol–water partition coefficient (Wildman–Crippen LogP) is 11.6. The highest BCUT2D eigenvalue weighted by molar-refractivity contribution is 7.45. The molecule has 0 aromatic heterocycles. The molecule has 8 nitrogen and oxygen atoms in total. The molecule has 0 N–H and O–H groups in total. The largest absolute Gasteiger partial charge is 0.756 e. The fraction of sp³-hybridized carbons (Fsp3) is 0.705. The number of carbonyl (C=O) groups is 1. The molecule has 0 aliphatic heterocycles. The molecule has 0 amide bonds. The molecule has 0 radical (unpaired) electrons. The number of hydrogen-bond acceptors (Lipinski definition) is 7. The van der Waals surface area contributed by atoms with Crippen molar-refractivity contribution in [2.24, 2.45) is 0 Å². The second-order valence-electron chi connectivity index (χ2n) is 14.7. The zero-order valence-corrected chi connectivity index (χ0v) is 35.3. The molecule has 0 saturated heterocycles. The summed E-state index contributed by atoms with van der Waals surface area (Å²) in [7, 11) is 1.28. The van der Waals surface area contributed by atoms with Crippen molar-refractivity contribution in [3.63, 3.8) is 0 Å². The molecule has 0 aliphatic rings. The monoisotopic (exact) mass is 764 g/mol. The maximum absolute atomic E-state index is 12.6. The van der Waals surface area contributed by atoms with E-state index in [1.54, 1.807) is 6.26 Å². The van der Waals surface area contributed by atoms with Crippen molar-refractivity contribution in [1.29, 1.82) is 0 Å². The normalized spacial score (nSPS) is 14.5. The molecule has 53 heavy (non-hydrogen) atoms. The summed E-state index contributed by atoms with van der Waals surface area (Å²) in [5, 5.41) is 0. The Balaban J connectivity index is 4.45. The fourth-order valence-electron chi connectivity index (χ4n) is 5.13. The third-order valence-corrected chi connectivity index (χ3v) is 9.30. The second-order valence-corrected chi connectivity index (χ2v) is 16.1. The summed E-state index contributed by atoms with van der Waals surface area (Å²) in [5.74, 6) is -0.415. The summed E-state index contributed by atoms with van der Waals surface area (Å²) in [6.45, 7) is 4.53. The number of phosphoric ester groups is 1. The van der Waals surface area contributed by atoms with Crippen molar-refractivity contribution in [2.45, 2.75) is 155 Å². The number of carbonyl (C=O) groups excluding carboxylic acids is 1. The van der Waals surface area contributed by atoms with Crippen LogP contribution < -0.4 is 4.89 Å². The van der Waals surface area contributed by atoms with Crippen LogP contribution in [0, 0.1) is 0 Å². The summed E-state index contributed by atoms with van der Waals surface area (Å²) in [4.78, 5) is 24.9. The predicted molar refractivity (Wildman–Crippen MR) is 221 cm³/mol. The van der Waals surface area contributed by atoms with E-state index in [0.717, 1.165) is 51.4 Å². The zero-order valence-electron chi connectivity index (χ0n) is 34.4. The van der Waals surface area contributed by atoms with Crippen LogP contribution >= 0.6 is 7.82 Å². The van der Waals surface area contributed by atoms with Crippen molar-refractivity contribution in [3.8, 4) is 0 Å². The summed E-state index contributed by atoms with van der Waals surface area (Å²) < 4.78 is 34.2. The van der Waals surface area contributed by atoms with Crippen molar-refractivity contribution in [3.05, 3.63) is 73.1 Å². The molecule has 9 heteroatoms. The average Bonchev–Trinajstić information content (AvgIpc) is 3.11. The topological polar surface area (TPSA) is 94.1 Å². The third kappa shape index (κ3) is 40.8. The Kier molecular flexibility index (Phi) is 35.2. The highest BCUT2D eigenvalue weighted by Crippen LogP contribution is 2.38. The Bertz CT molecular complexity index is 1070.